The number of hydrogen-bond acceptors (Lipinski definition) is 3. The molecule has 10 heavy (non-hydrogen) atoms. The molecule has 0 N–H and O–H groups in total. The van der Waals surface area contributed by atoms with E-state index < -0.39 is 25.4 Å². The molecular weight excluding hydrogens is 222 g/mol. The Morgan fingerprint density at radius 1 is 1.50 bits per heavy atom. The highest BCUT2D eigenvalue weighted by Gasteiger charge is 2.28. The third-order valence-corrected chi connectivity index (χ3v) is 3.32. The van der Waals surface area contributed by atoms with Gasteiger partial charge in [0, 0.05) is 16.6 Å². The van der Waals surface area contributed by atoms with Gasteiger partial charge in [-0.3, -0.25) is 4.79 Å². The molecule has 1 atom stereocenters. The number of carbonyl (C=O) groups excluding carboxylic acids is 1. The van der Waals surface area contributed by atoms with Crippen molar-refractivity contribution in [2.75, 3.05) is 5.88 Å². The minimum atomic E-state index is -3.96. The summed E-state index contributed by atoms with van der Waals surface area (Å²) in [6.07, 6.45) is 0. The molecule has 0 heterocycles. The lowest BCUT2D eigenvalue weighted by molar-refractivity contribution is -0.111. The normalized spacial score (nSPS) is 14.7. The minimum Gasteiger partial charge on any atom is -0.280 e. The average Bonchev–Trinajstić information content (AvgIpc) is 1.60. The maximum absolute atomic E-state index is 10.4. The summed E-state index contributed by atoms with van der Waals surface area (Å²) in [6.45, 7) is 0. The molecule has 1 unspecified atom stereocenters. The number of alkyl halides is 1. The van der Waals surface area contributed by atoms with Crippen LogP contribution in [0.4, 0.5) is 0 Å². The van der Waals surface area contributed by atoms with E-state index in [4.69, 9.17) is 33.9 Å². The standard InChI is InChI=1S/C3H3Cl3O3S/c4-1-2(3(5)7)10(6,8)9/h2H,1H2. The van der Waals surface area contributed by atoms with Crippen LogP contribution in [0.5, 0.6) is 0 Å². The Morgan fingerprint density at radius 3 is 1.90 bits per heavy atom. The molecule has 0 rings (SSSR count). The van der Waals surface area contributed by atoms with Crippen molar-refractivity contribution < 1.29 is 13.2 Å². The molecule has 0 aromatic rings. The fourth-order valence-electron chi connectivity index (χ4n) is 0.247. The van der Waals surface area contributed by atoms with Gasteiger partial charge in [-0.15, -0.1) is 11.6 Å². The van der Waals surface area contributed by atoms with Crippen LogP contribution < -0.4 is 0 Å². The molecule has 0 radical (unpaired) electrons. The smallest absolute Gasteiger partial charge is 0.245 e. The van der Waals surface area contributed by atoms with Crippen LogP contribution in [0.3, 0.4) is 0 Å². The highest BCUT2D eigenvalue weighted by molar-refractivity contribution is 8.14. The molecule has 0 aliphatic carbocycles. The third-order valence-electron chi connectivity index (χ3n) is 0.733. The average molecular weight is 225 g/mol. The van der Waals surface area contributed by atoms with Crippen LogP contribution in [-0.2, 0) is 13.8 Å². The quantitative estimate of drug-likeness (QED) is 0.530. The second-order valence-electron chi connectivity index (χ2n) is 1.42. The second kappa shape index (κ2) is 3.76. The molecule has 0 bridgehead atoms. The summed E-state index contributed by atoms with van der Waals surface area (Å²) in [7, 11) is 0.821. The second-order valence-corrected chi connectivity index (χ2v) is 4.91. The fourth-order valence-corrected chi connectivity index (χ4v) is 2.53. The van der Waals surface area contributed by atoms with Gasteiger partial charge in [-0.25, -0.2) is 8.42 Å². The zero-order valence-corrected chi connectivity index (χ0v) is 7.64. The Kier molecular flexibility index (Phi) is 3.94. The van der Waals surface area contributed by atoms with E-state index in [0.717, 1.165) is 0 Å². The first-order valence-electron chi connectivity index (χ1n) is 2.08. The van der Waals surface area contributed by atoms with E-state index in [-0.39, 0.29) is 0 Å². The zero-order valence-electron chi connectivity index (χ0n) is 4.55. The maximum Gasteiger partial charge on any atom is 0.245 e. The topological polar surface area (TPSA) is 51.2 Å². The minimum absolute atomic E-state index is 0.422. The lowest BCUT2D eigenvalue weighted by Crippen LogP contribution is -2.24. The van der Waals surface area contributed by atoms with Crippen LogP contribution in [0.2, 0.25) is 0 Å². The van der Waals surface area contributed by atoms with E-state index in [2.05, 4.69) is 0 Å². The molecule has 0 aromatic carbocycles. The first-order valence-corrected chi connectivity index (χ1v) is 5.37. The highest BCUT2D eigenvalue weighted by Crippen LogP contribution is 2.11. The van der Waals surface area contributed by atoms with Crippen LogP contribution in [-0.4, -0.2) is 24.8 Å². The van der Waals surface area contributed by atoms with E-state index in [9.17, 15) is 13.2 Å². The number of rotatable bonds is 3. The monoisotopic (exact) mass is 224 g/mol. The first-order chi connectivity index (χ1) is 4.39. The molecule has 0 spiro atoms. The third kappa shape index (κ3) is 3.05. The van der Waals surface area contributed by atoms with E-state index in [1.807, 2.05) is 0 Å². The summed E-state index contributed by atoms with van der Waals surface area (Å²) in [5.74, 6) is -0.422. The predicted molar refractivity (Wildman–Crippen MR) is 40.1 cm³/mol. The van der Waals surface area contributed by atoms with E-state index in [1.54, 1.807) is 0 Å². The van der Waals surface area contributed by atoms with Crippen molar-refractivity contribution in [3.05, 3.63) is 0 Å². The molecule has 3 nitrogen and oxygen atoms in total. The van der Waals surface area contributed by atoms with Crippen LogP contribution in [0.25, 0.3) is 0 Å². The van der Waals surface area contributed by atoms with Crippen molar-refractivity contribution in [2.24, 2.45) is 0 Å². The number of carbonyl (C=O) groups is 1. The van der Waals surface area contributed by atoms with E-state index in [0.29, 0.717) is 0 Å². The van der Waals surface area contributed by atoms with E-state index in [1.165, 1.54) is 0 Å². The molecule has 0 aliphatic heterocycles. The lowest BCUT2D eigenvalue weighted by Gasteiger charge is -2.01. The lowest BCUT2D eigenvalue weighted by atomic mass is 10.5. The molecule has 7 heteroatoms. The Bertz CT molecular complexity index is 221. The number of halogens is 3. The summed E-state index contributed by atoms with van der Waals surface area (Å²) >= 11 is 9.92. The number of hydrogen-bond donors (Lipinski definition) is 0. The van der Waals surface area contributed by atoms with Crippen LogP contribution in [0, 0.1) is 0 Å². The summed E-state index contributed by atoms with van der Waals surface area (Å²) in [6, 6.07) is 0. The zero-order chi connectivity index (χ0) is 8.36. The van der Waals surface area contributed by atoms with Gasteiger partial charge in [0.25, 0.3) is 0 Å². The van der Waals surface area contributed by atoms with Gasteiger partial charge in [-0.2, -0.15) is 0 Å². The molecule has 0 aliphatic rings. The van der Waals surface area contributed by atoms with Crippen molar-refractivity contribution in [1.82, 2.24) is 0 Å². The van der Waals surface area contributed by atoms with Gasteiger partial charge < -0.3 is 0 Å². The van der Waals surface area contributed by atoms with Crippen molar-refractivity contribution in [3.8, 4) is 0 Å². The summed E-state index contributed by atoms with van der Waals surface area (Å²) in [4.78, 5) is 10.2. The molecule has 0 fully saturated rings. The Labute approximate surface area is 72.7 Å². The van der Waals surface area contributed by atoms with Crippen molar-refractivity contribution in [2.45, 2.75) is 5.25 Å². The molecule has 0 amide bonds. The van der Waals surface area contributed by atoms with Gasteiger partial charge in [0.15, 0.2) is 5.25 Å². The van der Waals surface area contributed by atoms with Gasteiger partial charge in [-0.1, -0.05) is 0 Å². The summed E-state index contributed by atoms with van der Waals surface area (Å²) in [5.41, 5.74) is 0. The van der Waals surface area contributed by atoms with Crippen LogP contribution in [0.15, 0.2) is 0 Å². The Hall–Kier alpha value is 0.490. The summed E-state index contributed by atoms with van der Waals surface area (Å²) in [5, 5.41) is -2.57. The van der Waals surface area contributed by atoms with Gasteiger partial charge in [-0.05, 0) is 11.6 Å². The molecule has 0 saturated carbocycles. The van der Waals surface area contributed by atoms with Crippen LogP contribution in [0.1, 0.15) is 0 Å². The largest absolute Gasteiger partial charge is 0.280 e. The Balaban J connectivity index is 4.55. The SMILES string of the molecule is O=C(Cl)C(CCl)S(=O)(=O)Cl. The van der Waals surface area contributed by atoms with Gasteiger partial charge in [0.05, 0.1) is 0 Å². The van der Waals surface area contributed by atoms with Crippen molar-refractivity contribution in [3.63, 3.8) is 0 Å². The maximum atomic E-state index is 10.4. The molecule has 60 valence electrons. The van der Waals surface area contributed by atoms with Crippen LogP contribution >= 0.6 is 33.9 Å². The molecule has 0 saturated heterocycles. The fraction of sp³-hybridized carbons (Fsp3) is 0.667. The van der Waals surface area contributed by atoms with Crippen molar-refractivity contribution >= 4 is 48.2 Å². The Morgan fingerprint density at radius 2 is 1.90 bits per heavy atom. The summed E-state index contributed by atoms with van der Waals surface area (Å²) < 4.78 is 20.8. The van der Waals surface area contributed by atoms with Crippen molar-refractivity contribution in [1.29, 1.82) is 0 Å². The molecule has 0 aromatic heterocycles. The van der Waals surface area contributed by atoms with Gasteiger partial charge in [0.2, 0.25) is 14.3 Å². The first kappa shape index (κ1) is 10.5. The van der Waals surface area contributed by atoms with Gasteiger partial charge in [0.1, 0.15) is 0 Å². The van der Waals surface area contributed by atoms with Gasteiger partial charge >= 0.3 is 0 Å². The molecular formula is C3H3Cl3O3S. The predicted octanol–water partition coefficient (Wildman–Crippen LogP) is 0.928. The highest BCUT2D eigenvalue weighted by atomic mass is 35.7. The van der Waals surface area contributed by atoms with E-state index >= 15 is 0 Å².